The summed E-state index contributed by atoms with van der Waals surface area (Å²) < 4.78 is 0. The lowest BCUT2D eigenvalue weighted by molar-refractivity contribution is 0.0821. The molecule has 2 saturated heterocycles. The van der Waals surface area contributed by atoms with Crippen molar-refractivity contribution in [2.45, 2.75) is 45.6 Å². The predicted octanol–water partition coefficient (Wildman–Crippen LogP) is 2.11. The molecule has 2 unspecified atom stereocenters. The highest BCUT2D eigenvalue weighted by Crippen LogP contribution is 2.25. The molecule has 0 radical (unpaired) electrons. The maximum Gasteiger partial charge on any atom is 0.0246 e. The van der Waals surface area contributed by atoms with Crippen LogP contribution in [0.25, 0.3) is 0 Å². The van der Waals surface area contributed by atoms with Crippen LogP contribution in [0.3, 0.4) is 0 Å². The second-order valence-electron chi connectivity index (χ2n) is 5.43. The Bertz CT molecular complexity index is 185. The van der Waals surface area contributed by atoms with Gasteiger partial charge in [0.25, 0.3) is 0 Å². The first-order chi connectivity index (χ1) is 7.31. The summed E-state index contributed by atoms with van der Waals surface area (Å²) in [6.45, 7) is 9.90. The maximum absolute atomic E-state index is 3.55. The Labute approximate surface area is 94.4 Å². The fraction of sp³-hybridized carbons (Fsp3) is 1.00. The molecule has 88 valence electrons. The van der Waals surface area contributed by atoms with Gasteiger partial charge in [0.1, 0.15) is 0 Å². The van der Waals surface area contributed by atoms with Gasteiger partial charge in [0.05, 0.1) is 0 Å². The van der Waals surface area contributed by atoms with Crippen molar-refractivity contribution in [3.8, 4) is 0 Å². The second kappa shape index (κ2) is 5.31. The summed E-state index contributed by atoms with van der Waals surface area (Å²) in [5.41, 5.74) is 0. The van der Waals surface area contributed by atoms with Crippen molar-refractivity contribution in [1.29, 1.82) is 0 Å². The van der Waals surface area contributed by atoms with Crippen LogP contribution in [0.2, 0.25) is 0 Å². The van der Waals surface area contributed by atoms with E-state index >= 15 is 0 Å². The smallest absolute Gasteiger partial charge is 0.0246 e. The highest BCUT2D eigenvalue weighted by molar-refractivity contribution is 4.86. The molecule has 2 rings (SSSR count). The third kappa shape index (κ3) is 2.73. The first-order valence-electron chi connectivity index (χ1n) is 6.76. The van der Waals surface area contributed by atoms with E-state index in [9.17, 15) is 0 Å². The van der Waals surface area contributed by atoms with Gasteiger partial charge < -0.3 is 5.32 Å². The average molecular weight is 210 g/mol. The van der Waals surface area contributed by atoms with Crippen molar-refractivity contribution in [1.82, 2.24) is 10.2 Å². The highest BCUT2D eigenvalue weighted by atomic mass is 15.2. The Balaban J connectivity index is 1.83. The second-order valence-corrected chi connectivity index (χ2v) is 5.43. The van der Waals surface area contributed by atoms with E-state index < -0.39 is 0 Å². The third-order valence-electron chi connectivity index (χ3n) is 4.48. The highest BCUT2D eigenvalue weighted by Gasteiger charge is 2.29. The monoisotopic (exact) mass is 210 g/mol. The quantitative estimate of drug-likeness (QED) is 0.751. The van der Waals surface area contributed by atoms with Crippen LogP contribution in [0.1, 0.15) is 39.5 Å². The topological polar surface area (TPSA) is 15.3 Å². The Morgan fingerprint density at radius 2 is 1.93 bits per heavy atom. The Morgan fingerprint density at radius 3 is 2.53 bits per heavy atom. The van der Waals surface area contributed by atoms with E-state index in [0.29, 0.717) is 0 Å². The number of hydrogen-bond acceptors (Lipinski definition) is 2. The minimum absolute atomic E-state index is 0.816. The van der Waals surface area contributed by atoms with E-state index in [1.807, 2.05) is 0 Å². The van der Waals surface area contributed by atoms with E-state index in [2.05, 4.69) is 24.1 Å². The Morgan fingerprint density at radius 1 is 1.20 bits per heavy atom. The van der Waals surface area contributed by atoms with E-state index in [1.165, 1.54) is 51.9 Å². The Hall–Kier alpha value is -0.0800. The number of likely N-dealkylation sites (tertiary alicyclic amines) is 1. The molecule has 2 aliphatic rings. The zero-order valence-electron chi connectivity index (χ0n) is 10.3. The van der Waals surface area contributed by atoms with Crippen LogP contribution in [0.4, 0.5) is 0 Å². The Kier molecular flexibility index (Phi) is 4.04. The molecule has 0 spiro atoms. The van der Waals surface area contributed by atoms with Crippen LogP contribution in [-0.2, 0) is 0 Å². The molecular formula is C13H26N2. The molecule has 2 atom stereocenters. The van der Waals surface area contributed by atoms with Crippen molar-refractivity contribution >= 4 is 0 Å². The van der Waals surface area contributed by atoms with Crippen LogP contribution in [0.5, 0.6) is 0 Å². The van der Waals surface area contributed by atoms with Gasteiger partial charge in [-0.1, -0.05) is 20.3 Å². The minimum atomic E-state index is 0.816. The number of nitrogens with one attached hydrogen (secondary N) is 1. The van der Waals surface area contributed by atoms with Gasteiger partial charge in [-0.25, -0.2) is 0 Å². The van der Waals surface area contributed by atoms with Crippen LogP contribution in [0.15, 0.2) is 0 Å². The summed E-state index contributed by atoms with van der Waals surface area (Å²) in [5, 5.41) is 3.55. The number of hydrogen-bond donors (Lipinski definition) is 1. The van der Waals surface area contributed by atoms with Crippen LogP contribution in [0, 0.1) is 11.8 Å². The van der Waals surface area contributed by atoms with Crippen LogP contribution < -0.4 is 5.32 Å². The van der Waals surface area contributed by atoms with Crippen molar-refractivity contribution in [3.05, 3.63) is 0 Å². The van der Waals surface area contributed by atoms with E-state index in [0.717, 1.165) is 17.9 Å². The molecular weight excluding hydrogens is 184 g/mol. The summed E-state index contributed by atoms with van der Waals surface area (Å²) in [6, 6.07) is 0.816. The molecule has 0 aromatic carbocycles. The van der Waals surface area contributed by atoms with E-state index in [1.54, 1.807) is 0 Å². The van der Waals surface area contributed by atoms with Gasteiger partial charge in [-0.05, 0) is 50.7 Å². The van der Waals surface area contributed by atoms with Gasteiger partial charge in [-0.2, -0.15) is 0 Å². The molecule has 0 aliphatic carbocycles. The number of piperidine rings is 2. The fourth-order valence-corrected chi connectivity index (χ4v) is 3.16. The molecule has 0 saturated carbocycles. The molecule has 0 amide bonds. The van der Waals surface area contributed by atoms with Gasteiger partial charge in [0, 0.05) is 12.6 Å². The van der Waals surface area contributed by atoms with Gasteiger partial charge in [0.2, 0.25) is 0 Å². The molecule has 2 heteroatoms. The van der Waals surface area contributed by atoms with Crippen LogP contribution >= 0.6 is 0 Å². The van der Waals surface area contributed by atoms with E-state index in [4.69, 9.17) is 0 Å². The van der Waals surface area contributed by atoms with Gasteiger partial charge in [0.15, 0.2) is 0 Å². The fourth-order valence-electron chi connectivity index (χ4n) is 3.16. The first-order valence-corrected chi connectivity index (χ1v) is 6.76. The van der Waals surface area contributed by atoms with Crippen molar-refractivity contribution in [3.63, 3.8) is 0 Å². The summed E-state index contributed by atoms with van der Waals surface area (Å²) in [5.74, 6) is 1.90. The maximum atomic E-state index is 3.55. The molecule has 2 nitrogen and oxygen atoms in total. The summed E-state index contributed by atoms with van der Waals surface area (Å²) in [4.78, 5) is 2.74. The molecule has 15 heavy (non-hydrogen) atoms. The van der Waals surface area contributed by atoms with Gasteiger partial charge >= 0.3 is 0 Å². The lowest BCUT2D eigenvalue weighted by atomic mass is 9.88. The molecule has 2 fully saturated rings. The zero-order valence-corrected chi connectivity index (χ0v) is 10.3. The number of nitrogens with zero attached hydrogens (tertiary/aromatic N) is 1. The molecule has 0 bridgehead atoms. The van der Waals surface area contributed by atoms with Crippen molar-refractivity contribution < 1.29 is 0 Å². The third-order valence-corrected chi connectivity index (χ3v) is 4.48. The van der Waals surface area contributed by atoms with Gasteiger partial charge in [-0.3, -0.25) is 4.90 Å². The van der Waals surface area contributed by atoms with Crippen LogP contribution in [-0.4, -0.2) is 37.1 Å². The normalized spacial score (nSPS) is 35.6. The largest absolute Gasteiger partial charge is 0.315 e. The lowest BCUT2D eigenvalue weighted by Crippen LogP contribution is -2.52. The minimum Gasteiger partial charge on any atom is -0.315 e. The van der Waals surface area contributed by atoms with Crippen molar-refractivity contribution in [2.24, 2.45) is 11.8 Å². The lowest BCUT2D eigenvalue weighted by Gasteiger charge is -2.42. The molecule has 2 heterocycles. The zero-order chi connectivity index (χ0) is 10.7. The SMILES string of the molecule is CCC1CCN(C2CNCCC2C)CC1. The van der Waals surface area contributed by atoms with Gasteiger partial charge in [-0.15, -0.1) is 0 Å². The van der Waals surface area contributed by atoms with E-state index in [-0.39, 0.29) is 0 Å². The standard InChI is InChI=1S/C13H26N2/c1-3-12-5-8-15(9-6-12)13-10-14-7-4-11(13)2/h11-14H,3-10H2,1-2H3. The average Bonchev–Trinajstić information content (AvgIpc) is 2.30. The predicted molar refractivity (Wildman–Crippen MR) is 65.0 cm³/mol. The number of rotatable bonds is 2. The molecule has 2 aliphatic heterocycles. The molecule has 0 aromatic heterocycles. The van der Waals surface area contributed by atoms with Crippen molar-refractivity contribution in [2.75, 3.05) is 26.2 Å². The summed E-state index contributed by atoms with van der Waals surface area (Å²) >= 11 is 0. The summed E-state index contributed by atoms with van der Waals surface area (Å²) in [7, 11) is 0. The summed E-state index contributed by atoms with van der Waals surface area (Å²) in [6.07, 6.45) is 5.60. The molecule has 0 aromatic rings. The molecule has 1 N–H and O–H groups in total. The first kappa shape index (κ1) is 11.4.